The molecule has 1 aliphatic heterocycles. The number of fused-ring (bicyclic) bond motifs is 1. The molecule has 0 bridgehead atoms. The van der Waals surface area contributed by atoms with Crippen molar-refractivity contribution >= 4 is 21.6 Å². The number of hydrogen-bond donors (Lipinski definition) is 1. The van der Waals surface area contributed by atoms with Crippen molar-refractivity contribution in [1.29, 1.82) is 0 Å². The Morgan fingerprint density at radius 2 is 2.38 bits per heavy atom. The molecule has 0 amide bonds. The van der Waals surface area contributed by atoms with Crippen LogP contribution in [0.3, 0.4) is 0 Å². The molecule has 1 atom stereocenters. The van der Waals surface area contributed by atoms with Gasteiger partial charge in [-0.15, -0.1) is 0 Å². The molecule has 13 heavy (non-hydrogen) atoms. The minimum absolute atomic E-state index is 0.720. The molecule has 1 nitrogen and oxygen atoms in total. The van der Waals surface area contributed by atoms with Gasteiger partial charge in [-0.05, 0) is 34.0 Å². The molecule has 0 aromatic heterocycles. The molecule has 0 saturated carbocycles. The van der Waals surface area contributed by atoms with Gasteiger partial charge in [0.2, 0.25) is 0 Å². The second-order valence-electron chi connectivity index (χ2n) is 3.57. The minimum Gasteiger partial charge on any atom is -0.383 e. The Hall–Kier alpha value is -0.500. The number of rotatable bonds is 2. The highest BCUT2D eigenvalue weighted by Crippen LogP contribution is 2.38. The molecule has 2 heteroatoms. The third-order valence-electron chi connectivity index (χ3n) is 2.65. The molecule has 0 radical (unpaired) electrons. The fourth-order valence-corrected chi connectivity index (χ4v) is 2.53. The summed E-state index contributed by atoms with van der Waals surface area (Å²) in [6.45, 7) is 3.35. The van der Waals surface area contributed by atoms with Gasteiger partial charge in [-0.3, -0.25) is 0 Å². The van der Waals surface area contributed by atoms with Crippen LogP contribution in [0, 0.1) is 0 Å². The molecule has 1 N–H and O–H groups in total. The molecule has 0 aliphatic carbocycles. The van der Waals surface area contributed by atoms with E-state index in [1.165, 1.54) is 28.6 Å². The van der Waals surface area contributed by atoms with Crippen molar-refractivity contribution < 1.29 is 0 Å². The van der Waals surface area contributed by atoms with Crippen LogP contribution in [0.2, 0.25) is 0 Å². The summed E-state index contributed by atoms with van der Waals surface area (Å²) in [4.78, 5) is 0. The fraction of sp³-hybridized carbons (Fsp3) is 0.455. The SMILES string of the molecule is CCC[C@@H]1CNc2c(Br)cccc21. The van der Waals surface area contributed by atoms with Crippen LogP contribution in [0.4, 0.5) is 5.69 Å². The highest BCUT2D eigenvalue weighted by Gasteiger charge is 2.22. The first kappa shape index (κ1) is 9.07. The van der Waals surface area contributed by atoms with Crippen molar-refractivity contribution in [3.8, 4) is 0 Å². The summed E-state index contributed by atoms with van der Waals surface area (Å²) < 4.78 is 1.20. The van der Waals surface area contributed by atoms with Crippen LogP contribution in [0.1, 0.15) is 31.2 Å². The summed E-state index contributed by atoms with van der Waals surface area (Å²) in [6.07, 6.45) is 2.55. The molecule has 0 fully saturated rings. The van der Waals surface area contributed by atoms with Crippen molar-refractivity contribution in [3.05, 3.63) is 28.2 Å². The van der Waals surface area contributed by atoms with Crippen LogP contribution in [0.15, 0.2) is 22.7 Å². The van der Waals surface area contributed by atoms with Crippen LogP contribution in [0.5, 0.6) is 0 Å². The third kappa shape index (κ3) is 1.60. The van der Waals surface area contributed by atoms with Gasteiger partial charge in [0.25, 0.3) is 0 Å². The van der Waals surface area contributed by atoms with Gasteiger partial charge in [0, 0.05) is 16.9 Å². The monoisotopic (exact) mass is 239 g/mol. The van der Waals surface area contributed by atoms with E-state index in [1.807, 2.05) is 0 Å². The highest BCUT2D eigenvalue weighted by atomic mass is 79.9. The van der Waals surface area contributed by atoms with E-state index in [0.717, 1.165) is 12.5 Å². The Labute approximate surface area is 87.7 Å². The highest BCUT2D eigenvalue weighted by molar-refractivity contribution is 9.10. The second-order valence-corrected chi connectivity index (χ2v) is 4.42. The number of hydrogen-bond acceptors (Lipinski definition) is 1. The van der Waals surface area contributed by atoms with Gasteiger partial charge in [-0.1, -0.05) is 25.5 Å². The van der Waals surface area contributed by atoms with Crippen molar-refractivity contribution in [2.45, 2.75) is 25.7 Å². The van der Waals surface area contributed by atoms with E-state index in [0.29, 0.717) is 0 Å². The molecule has 1 heterocycles. The van der Waals surface area contributed by atoms with Crippen LogP contribution >= 0.6 is 15.9 Å². The Balaban J connectivity index is 2.32. The smallest absolute Gasteiger partial charge is 0.0520 e. The molecule has 0 saturated heterocycles. The Morgan fingerprint density at radius 3 is 3.15 bits per heavy atom. The largest absolute Gasteiger partial charge is 0.383 e. The van der Waals surface area contributed by atoms with Gasteiger partial charge in [-0.2, -0.15) is 0 Å². The van der Waals surface area contributed by atoms with E-state index in [2.05, 4.69) is 46.4 Å². The number of anilines is 1. The average Bonchev–Trinajstić information content (AvgIpc) is 2.51. The second kappa shape index (κ2) is 3.70. The predicted molar refractivity (Wildman–Crippen MR) is 60.3 cm³/mol. The van der Waals surface area contributed by atoms with Gasteiger partial charge < -0.3 is 5.32 Å². The Bertz CT molecular complexity index is 309. The number of halogens is 1. The van der Waals surface area contributed by atoms with Gasteiger partial charge in [0.1, 0.15) is 0 Å². The van der Waals surface area contributed by atoms with E-state index in [1.54, 1.807) is 0 Å². The van der Waals surface area contributed by atoms with Crippen molar-refractivity contribution in [1.82, 2.24) is 0 Å². The summed E-state index contributed by atoms with van der Waals surface area (Å²) in [6, 6.07) is 6.46. The zero-order valence-corrected chi connectivity index (χ0v) is 9.39. The van der Waals surface area contributed by atoms with E-state index < -0.39 is 0 Å². The van der Waals surface area contributed by atoms with Crippen molar-refractivity contribution in [2.24, 2.45) is 0 Å². The molecule has 1 aromatic rings. The molecule has 0 unspecified atom stereocenters. The quantitative estimate of drug-likeness (QED) is 0.829. The molecule has 0 spiro atoms. The van der Waals surface area contributed by atoms with Crippen LogP contribution in [-0.2, 0) is 0 Å². The Kier molecular flexibility index (Phi) is 2.58. The molecular formula is C11H14BrN. The molecule has 1 aliphatic rings. The standard InChI is InChI=1S/C11H14BrN/c1-2-4-8-7-13-11-9(8)5-3-6-10(11)12/h3,5-6,8,13H,2,4,7H2,1H3/t8-/m1/s1. The topological polar surface area (TPSA) is 12.0 Å². The lowest BCUT2D eigenvalue weighted by Gasteiger charge is -2.07. The average molecular weight is 240 g/mol. The van der Waals surface area contributed by atoms with E-state index in [-0.39, 0.29) is 0 Å². The van der Waals surface area contributed by atoms with Gasteiger partial charge in [-0.25, -0.2) is 0 Å². The Morgan fingerprint density at radius 1 is 1.54 bits per heavy atom. The number of benzene rings is 1. The first-order valence-corrected chi connectivity index (χ1v) is 5.64. The maximum atomic E-state index is 3.56. The van der Waals surface area contributed by atoms with E-state index in [9.17, 15) is 0 Å². The van der Waals surface area contributed by atoms with Gasteiger partial charge in [0.05, 0.1) is 5.69 Å². The maximum absolute atomic E-state index is 3.56. The van der Waals surface area contributed by atoms with Crippen LogP contribution in [-0.4, -0.2) is 6.54 Å². The van der Waals surface area contributed by atoms with Crippen LogP contribution < -0.4 is 5.32 Å². The fourth-order valence-electron chi connectivity index (χ4n) is 2.01. The molecule has 2 rings (SSSR count). The lowest BCUT2D eigenvalue weighted by Crippen LogP contribution is -2.00. The normalized spacial score (nSPS) is 19.7. The lowest BCUT2D eigenvalue weighted by atomic mass is 9.97. The van der Waals surface area contributed by atoms with Gasteiger partial charge >= 0.3 is 0 Å². The predicted octanol–water partition coefficient (Wildman–Crippen LogP) is 3.76. The first-order valence-electron chi connectivity index (χ1n) is 4.85. The summed E-state index contributed by atoms with van der Waals surface area (Å²) in [5.41, 5.74) is 2.79. The van der Waals surface area contributed by atoms with E-state index >= 15 is 0 Å². The number of para-hydroxylation sites is 1. The zero-order valence-electron chi connectivity index (χ0n) is 7.81. The molecular weight excluding hydrogens is 226 g/mol. The van der Waals surface area contributed by atoms with E-state index in [4.69, 9.17) is 0 Å². The molecule has 70 valence electrons. The summed E-state index contributed by atoms with van der Waals surface area (Å²) in [5, 5.41) is 3.46. The summed E-state index contributed by atoms with van der Waals surface area (Å²) in [5.74, 6) is 0.720. The first-order chi connectivity index (χ1) is 6.33. The zero-order chi connectivity index (χ0) is 9.26. The third-order valence-corrected chi connectivity index (χ3v) is 3.31. The maximum Gasteiger partial charge on any atom is 0.0520 e. The summed E-state index contributed by atoms with van der Waals surface area (Å²) >= 11 is 3.56. The minimum atomic E-state index is 0.720. The number of nitrogens with one attached hydrogen (secondary N) is 1. The summed E-state index contributed by atoms with van der Waals surface area (Å²) in [7, 11) is 0. The lowest BCUT2D eigenvalue weighted by molar-refractivity contribution is 0.661. The van der Waals surface area contributed by atoms with Crippen molar-refractivity contribution in [3.63, 3.8) is 0 Å². The van der Waals surface area contributed by atoms with Gasteiger partial charge in [0.15, 0.2) is 0 Å². The molecule has 1 aromatic carbocycles. The van der Waals surface area contributed by atoms with Crippen LogP contribution in [0.25, 0.3) is 0 Å². The van der Waals surface area contributed by atoms with Crippen molar-refractivity contribution in [2.75, 3.05) is 11.9 Å².